The number of amides is 2. The number of hydrogen-bond donors (Lipinski definition) is 1. The zero-order valence-electron chi connectivity index (χ0n) is 14.2. The second-order valence-electron chi connectivity index (χ2n) is 7.05. The molecule has 5 nitrogen and oxygen atoms in total. The first-order valence-electron chi connectivity index (χ1n) is 8.26. The highest BCUT2D eigenvalue weighted by molar-refractivity contribution is 8.00. The van der Waals surface area contributed by atoms with E-state index >= 15 is 0 Å². The van der Waals surface area contributed by atoms with Crippen molar-refractivity contribution in [3.8, 4) is 0 Å². The van der Waals surface area contributed by atoms with Crippen molar-refractivity contribution in [2.24, 2.45) is 11.8 Å². The van der Waals surface area contributed by atoms with Crippen molar-refractivity contribution >= 4 is 23.6 Å². The van der Waals surface area contributed by atoms with Crippen LogP contribution in [0.25, 0.3) is 0 Å². The fraction of sp³-hybridized carbons (Fsp3) is 0.875. The van der Waals surface area contributed by atoms with Gasteiger partial charge in [0.25, 0.3) is 0 Å². The van der Waals surface area contributed by atoms with Crippen LogP contribution in [0.5, 0.6) is 0 Å². The maximum absolute atomic E-state index is 12.6. The largest absolute Gasteiger partial charge is 0.353 e. The third kappa shape index (κ3) is 4.62. The predicted molar refractivity (Wildman–Crippen MR) is 90.6 cm³/mol. The fourth-order valence-electron chi connectivity index (χ4n) is 2.71. The molecule has 0 aromatic carbocycles. The van der Waals surface area contributed by atoms with E-state index in [0.717, 1.165) is 31.6 Å². The van der Waals surface area contributed by atoms with E-state index in [1.54, 1.807) is 11.8 Å². The van der Waals surface area contributed by atoms with Crippen molar-refractivity contribution in [3.63, 3.8) is 0 Å². The highest BCUT2D eigenvalue weighted by Crippen LogP contribution is 2.39. The Morgan fingerprint density at radius 3 is 2.55 bits per heavy atom. The predicted octanol–water partition coefficient (Wildman–Crippen LogP) is 1.39. The molecule has 1 aliphatic heterocycles. The Morgan fingerprint density at radius 2 is 2.00 bits per heavy atom. The Labute approximate surface area is 138 Å². The van der Waals surface area contributed by atoms with E-state index in [9.17, 15) is 9.59 Å². The average molecular weight is 327 g/mol. The van der Waals surface area contributed by atoms with E-state index < -0.39 is 0 Å². The van der Waals surface area contributed by atoms with Crippen molar-refractivity contribution < 1.29 is 9.59 Å². The molecule has 0 spiro atoms. The minimum Gasteiger partial charge on any atom is -0.353 e. The summed E-state index contributed by atoms with van der Waals surface area (Å²) in [6.45, 7) is 5.79. The third-order valence-electron chi connectivity index (χ3n) is 4.11. The number of likely N-dealkylation sites (N-methyl/N-ethyl adjacent to an activating group) is 1. The first-order valence-corrected chi connectivity index (χ1v) is 9.31. The number of carbonyl (C=O) groups excluding carboxylic acids is 2. The Morgan fingerprint density at radius 1 is 1.32 bits per heavy atom. The van der Waals surface area contributed by atoms with E-state index in [1.807, 2.05) is 23.9 Å². The summed E-state index contributed by atoms with van der Waals surface area (Å²) < 4.78 is 0. The first kappa shape index (κ1) is 17.6. The smallest absolute Gasteiger partial charge is 0.243 e. The van der Waals surface area contributed by atoms with Crippen LogP contribution in [0.4, 0.5) is 0 Å². The van der Waals surface area contributed by atoms with Gasteiger partial charge in [-0.2, -0.15) is 0 Å². The molecular weight excluding hydrogens is 298 g/mol. The number of rotatable bonds is 7. The van der Waals surface area contributed by atoms with Gasteiger partial charge in [-0.25, -0.2) is 0 Å². The molecule has 0 radical (unpaired) electrons. The van der Waals surface area contributed by atoms with Gasteiger partial charge in [0.2, 0.25) is 11.8 Å². The van der Waals surface area contributed by atoms with Gasteiger partial charge in [-0.05, 0) is 39.3 Å². The molecule has 2 aliphatic rings. The minimum absolute atomic E-state index is 0.00889. The first-order chi connectivity index (χ1) is 10.4. The van der Waals surface area contributed by atoms with Crippen LogP contribution in [-0.2, 0) is 9.59 Å². The molecule has 2 atom stereocenters. The highest BCUT2D eigenvalue weighted by atomic mass is 32.2. The molecule has 126 valence electrons. The second kappa shape index (κ2) is 7.68. The van der Waals surface area contributed by atoms with Crippen molar-refractivity contribution in [1.29, 1.82) is 0 Å². The molecule has 0 aromatic rings. The molecule has 6 heteroatoms. The summed E-state index contributed by atoms with van der Waals surface area (Å²) in [6, 6.07) is -0.288. The molecule has 2 fully saturated rings. The molecule has 0 aromatic heterocycles. The van der Waals surface area contributed by atoms with Crippen LogP contribution < -0.4 is 5.32 Å². The summed E-state index contributed by atoms with van der Waals surface area (Å²) in [6.07, 6.45) is 2.94. The van der Waals surface area contributed by atoms with Crippen LogP contribution in [0.15, 0.2) is 0 Å². The number of hydrogen-bond acceptors (Lipinski definition) is 4. The van der Waals surface area contributed by atoms with Crippen LogP contribution in [0.2, 0.25) is 0 Å². The van der Waals surface area contributed by atoms with E-state index in [2.05, 4.69) is 19.2 Å². The van der Waals surface area contributed by atoms with Gasteiger partial charge < -0.3 is 15.1 Å². The second-order valence-corrected chi connectivity index (χ2v) is 8.26. The van der Waals surface area contributed by atoms with E-state index in [4.69, 9.17) is 0 Å². The normalized spacial score (nSPS) is 25.1. The quantitative estimate of drug-likeness (QED) is 0.768. The van der Waals surface area contributed by atoms with Crippen LogP contribution in [0, 0.1) is 11.8 Å². The maximum atomic E-state index is 12.6. The summed E-state index contributed by atoms with van der Waals surface area (Å²) in [5.41, 5.74) is 0. The molecule has 2 rings (SSSR count). The topological polar surface area (TPSA) is 52.7 Å². The number of nitrogens with zero attached hydrogens (tertiary/aromatic N) is 2. The molecule has 2 amide bonds. The Kier molecular flexibility index (Phi) is 6.15. The Balaban J connectivity index is 1.98. The lowest BCUT2D eigenvalue weighted by atomic mass is 10.1. The highest BCUT2D eigenvalue weighted by Gasteiger charge is 2.45. The Bertz CT molecular complexity index is 410. The number of carbonyl (C=O) groups is 2. The molecular formula is C16H29N3O2S. The number of thioether (sulfide) groups is 1. The fourth-order valence-corrected chi connectivity index (χ4v) is 4.36. The van der Waals surface area contributed by atoms with Crippen molar-refractivity contribution in [2.75, 3.05) is 32.9 Å². The molecule has 1 heterocycles. The van der Waals surface area contributed by atoms with Crippen LogP contribution in [0.1, 0.15) is 33.1 Å². The molecule has 2 unspecified atom stereocenters. The van der Waals surface area contributed by atoms with E-state index in [1.165, 1.54) is 0 Å². The van der Waals surface area contributed by atoms with Gasteiger partial charge >= 0.3 is 0 Å². The monoisotopic (exact) mass is 327 g/mol. The molecule has 22 heavy (non-hydrogen) atoms. The van der Waals surface area contributed by atoms with Gasteiger partial charge in [0.05, 0.1) is 5.37 Å². The molecule has 0 bridgehead atoms. The summed E-state index contributed by atoms with van der Waals surface area (Å²) in [5, 5.41) is 3.15. The summed E-state index contributed by atoms with van der Waals surface area (Å²) >= 11 is 1.76. The van der Waals surface area contributed by atoms with E-state index in [0.29, 0.717) is 12.5 Å². The van der Waals surface area contributed by atoms with Crippen LogP contribution in [0.3, 0.4) is 0 Å². The van der Waals surface area contributed by atoms with Gasteiger partial charge in [0.15, 0.2) is 0 Å². The third-order valence-corrected chi connectivity index (χ3v) is 5.42. The maximum Gasteiger partial charge on any atom is 0.243 e. The average Bonchev–Trinajstić information content (AvgIpc) is 3.18. The lowest BCUT2D eigenvalue weighted by molar-refractivity contribution is -0.141. The number of nitrogens with one attached hydrogen (secondary N) is 1. The van der Waals surface area contributed by atoms with Crippen molar-refractivity contribution in [1.82, 2.24) is 15.1 Å². The standard InChI is InChI=1S/C16H29N3O2S/c1-11(2)9-14-19(16(21)12-5-6-12)13(10-22-14)15(20)17-7-8-18(3)4/h11-14H,5-10H2,1-4H3,(H,17,20). The van der Waals surface area contributed by atoms with Gasteiger partial charge in [-0.15, -0.1) is 11.8 Å². The zero-order valence-corrected chi connectivity index (χ0v) is 15.0. The molecule has 1 N–H and O–H groups in total. The van der Waals surface area contributed by atoms with Crippen molar-refractivity contribution in [2.45, 2.75) is 44.5 Å². The summed E-state index contributed by atoms with van der Waals surface area (Å²) in [4.78, 5) is 29.0. The lowest BCUT2D eigenvalue weighted by Crippen LogP contribution is -2.51. The van der Waals surface area contributed by atoms with Gasteiger partial charge in [-0.1, -0.05) is 13.8 Å². The molecule has 1 saturated heterocycles. The van der Waals surface area contributed by atoms with E-state index in [-0.39, 0.29) is 29.1 Å². The minimum atomic E-state index is -0.288. The molecule has 1 aliphatic carbocycles. The molecule has 1 saturated carbocycles. The van der Waals surface area contributed by atoms with Crippen LogP contribution >= 0.6 is 11.8 Å². The summed E-state index contributed by atoms with van der Waals surface area (Å²) in [7, 11) is 3.97. The van der Waals surface area contributed by atoms with Crippen LogP contribution in [-0.4, -0.2) is 66.0 Å². The Hall–Kier alpha value is -0.750. The lowest BCUT2D eigenvalue weighted by Gasteiger charge is -2.30. The van der Waals surface area contributed by atoms with Gasteiger partial charge in [0, 0.05) is 24.8 Å². The zero-order chi connectivity index (χ0) is 16.3. The van der Waals surface area contributed by atoms with Crippen molar-refractivity contribution in [3.05, 3.63) is 0 Å². The van der Waals surface area contributed by atoms with Gasteiger partial charge in [0.1, 0.15) is 6.04 Å². The summed E-state index contributed by atoms with van der Waals surface area (Å²) in [5.74, 6) is 1.63. The van der Waals surface area contributed by atoms with Gasteiger partial charge in [-0.3, -0.25) is 9.59 Å². The SMILES string of the molecule is CC(C)CC1SCC(C(=O)NCCN(C)C)N1C(=O)C1CC1.